The third-order valence-corrected chi connectivity index (χ3v) is 10.7. The van der Waals surface area contributed by atoms with Crippen molar-refractivity contribution >= 4 is 33.3 Å². The Hall–Kier alpha value is -1.93. The number of hydrogen-bond donors (Lipinski definition) is 3. The topological polar surface area (TPSA) is 113 Å². The lowest BCUT2D eigenvalue weighted by Crippen LogP contribution is -2.16. The van der Waals surface area contributed by atoms with Crippen molar-refractivity contribution in [3.63, 3.8) is 0 Å². The van der Waals surface area contributed by atoms with Gasteiger partial charge in [0.15, 0.2) is 0 Å². The molecule has 0 aliphatic carbocycles. The van der Waals surface area contributed by atoms with E-state index in [4.69, 9.17) is 0 Å². The zero-order valence-electron chi connectivity index (χ0n) is 32.3. The van der Waals surface area contributed by atoms with Gasteiger partial charge in [0.05, 0.1) is 5.69 Å². The van der Waals surface area contributed by atoms with Crippen LogP contribution in [0.4, 0.5) is 11.4 Å². The van der Waals surface area contributed by atoms with Gasteiger partial charge in [-0.25, -0.2) is 0 Å². The number of nitrogens with one attached hydrogen (secondary N) is 2. The molecule has 0 atom stereocenters. The maximum atomic E-state index is 12.6. The highest BCUT2D eigenvalue weighted by molar-refractivity contribution is 7.86. The Kier molecular flexibility index (Phi) is 29.3. The predicted molar refractivity (Wildman–Crippen MR) is 213 cm³/mol. The first-order chi connectivity index (χ1) is 24.3. The monoisotopic (exact) mass is 721 g/mol. The van der Waals surface area contributed by atoms with Crippen molar-refractivity contribution in [2.45, 2.75) is 224 Å². The van der Waals surface area contributed by atoms with Crippen molar-refractivity contribution in [1.29, 1.82) is 0 Å². The number of benzene rings is 1. The molecule has 1 aromatic rings. The van der Waals surface area contributed by atoms with Crippen LogP contribution < -0.4 is 10.6 Å². The molecule has 1 aromatic carbocycles. The molecule has 0 heterocycles. The van der Waals surface area contributed by atoms with Gasteiger partial charge in [-0.15, -0.1) is 0 Å². The molecule has 0 saturated heterocycles. The molecule has 0 radical (unpaired) electrons. The molecule has 0 bridgehead atoms. The molecular formula is C42H76N2O5S. The molecule has 290 valence electrons. The van der Waals surface area contributed by atoms with E-state index in [9.17, 15) is 22.6 Å². The smallest absolute Gasteiger partial charge is 0.296 e. The summed E-state index contributed by atoms with van der Waals surface area (Å²) in [7, 11) is -4.60. The summed E-state index contributed by atoms with van der Waals surface area (Å²) in [5.74, 6) is -0.472. The fourth-order valence-electron chi connectivity index (χ4n) is 6.67. The molecular weight excluding hydrogens is 645 g/mol. The third-order valence-electron chi connectivity index (χ3n) is 9.83. The van der Waals surface area contributed by atoms with Gasteiger partial charge in [-0.1, -0.05) is 194 Å². The van der Waals surface area contributed by atoms with Gasteiger partial charge in [-0.05, 0) is 31.0 Å². The molecule has 1 rings (SSSR count). The highest BCUT2D eigenvalue weighted by Gasteiger charge is 2.19. The maximum absolute atomic E-state index is 12.6. The molecule has 0 unspecified atom stereocenters. The van der Waals surface area contributed by atoms with E-state index in [0.29, 0.717) is 12.8 Å². The van der Waals surface area contributed by atoms with Gasteiger partial charge in [-0.2, -0.15) is 8.42 Å². The minimum absolute atomic E-state index is 0.0267. The van der Waals surface area contributed by atoms with E-state index in [2.05, 4.69) is 24.5 Å². The van der Waals surface area contributed by atoms with Crippen molar-refractivity contribution in [2.24, 2.45) is 0 Å². The number of anilines is 2. The van der Waals surface area contributed by atoms with Crippen molar-refractivity contribution in [3.05, 3.63) is 18.2 Å². The molecule has 7 nitrogen and oxygen atoms in total. The van der Waals surface area contributed by atoms with Crippen LogP contribution in [0.3, 0.4) is 0 Å². The summed E-state index contributed by atoms with van der Waals surface area (Å²) in [6.07, 6.45) is 38.3. The number of rotatable bonds is 35. The van der Waals surface area contributed by atoms with E-state index < -0.39 is 15.0 Å². The van der Waals surface area contributed by atoms with Gasteiger partial charge >= 0.3 is 0 Å². The third kappa shape index (κ3) is 26.8. The van der Waals surface area contributed by atoms with E-state index in [1.165, 1.54) is 166 Å². The molecule has 8 heteroatoms. The maximum Gasteiger partial charge on any atom is 0.296 e. The van der Waals surface area contributed by atoms with Gasteiger partial charge in [0.25, 0.3) is 10.1 Å². The van der Waals surface area contributed by atoms with E-state index in [-0.39, 0.29) is 23.2 Å². The van der Waals surface area contributed by atoms with Crippen molar-refractivity contribution in [1.82, 2.24) is 0 Å². The minimum Gasteiger partial charge on any atom is -0.326 e. The van der Waals surface area contributed by atoms with Crippen LogP contribution in [0.15, 0.2) is 23.1 Å². The summed E-state index contributed by atoms with van der Waals surface area (Å²) in [4.78, 5) is 24.6. The van der Waals surface area contributed by atoms with Crippen molar-refractivity contribution in [3.8, 4) is 0 Å². The standard InChI is InChI=1S/C42H76N2O5S/c1-3-5-7-9-11-13-15-17-19-21-23-25-27-29-31-33-41(45)43-38-35-36-39(40(37-38)50(47,48)49)44-42(46)34-32-30-28-26-24-22-20-18-16-14-12-10-8-6-4-2/h35-37H,3-34H2,1-2H3,(H,43,45)(H,44,46)(H,47,48,49). The lowest BCUT2D eigenvalue weighted by atomic mass is 10.0. The Morgan fingerprint density at radius 1 is 0.480 bits per heavy atom. The van der Waals surface area contributed by atoms with E-state index >= 15 is 0 Å². The van der Waals surface area contributed by atoms with Crippen molar-refractivity contribution in [2.75, 3.05) is 10.6 Å². The molecule has 0 fully saturated rings. The molecule has 0 aliphatic heterocycles. The van der Waals surface area contributed by atoms with Crippen LogP contribution >= 0.6 is 0 Å². The predicted octanol–water partition coefficient (Wildman–Crippen LogP) is 13.3. The normalized spacial score (nSPS) is 11.6. The van der Waals surface area contributed by atoms with Gasteiger partial charge in [0.1, 0.15) is 4.90 Å². The molecule has 0 aliphatic rings. The second-order valence-electron chi connectivity index (χ2n) is 14.7. The zero-order chi connectivity index (χ0) is 36.5. The Balaban J connectivity index is 2.18. The fraction of sp³-hybridized carbons (Fsp3) is 0.810. The first kappa shape index (κ1) is 46.1. The Morgan fingerprint density at radius 3 is 1.10 bits per heavy atom. The van der Waals surface area contributed by atoms with Crippen LogP contribution in [-0.4, -0.2) is 24.8 Å². The average Bonchev–Trinajstić information content (AvgIpc) is 3.08. The number of carbonyl (C=O) groups is 2. The van der Waals surface area contributed by atoms with E-state index in [1.807, 2.05) is 0 Å². The second kappa shape index (κ2) is 31.8. The van der Waals surface area contributed by atoms with Gasteiger partial charge < -0.3 is 10.6 Å². The molecule has 0 aromatic heterocycles. The van der Waals surface area contributed by atoms with Gasteiger partial charge in [0, 0.05) is 18.5 Å². The second-order valence-corrected chi connectivity index (χ2v) is 16.1. The van der Waals surface area contributed by atoms with Crippen molar-refractivity contribution < 1.29 is 22.6 Å². The minimum atomic E-state index is -4.60. The van der Waals surface area contributed by atoms with E-state index in [0.717, 1.165) is 38.5 Å². The molecule has 0 saturated carbocycles. The highest BCUT2D eigenvalue weighted by Crippen LogP contribution is 2.26. The summed E-state index contributed by atoms with van der Waals surface area (Å²) in [6, 6.07) is 4.20. The fourth-order valence-corrected chi connectivity index (χ4v) is 7.34. The van der Waals surface area contributed by atoms with Crippen LogP contribution in [0.25, 0.3) is 0 Å². The lowest BCUT2D eigenvalue weighted by molar-refractivity contribution is -0.117. The van der Waals surface area contributed by atoms with Crippen LogP contribution in [0.1, 0.15) is 219 Å². The van der Waals surface area contributed by atoms with E-state index in [1.54, 1.807) is 6.07 Å². The Labute approximate surface area is 308 Å². The number of unbranched alkanes of at least 4 members (excludes halogenated alkanes) is 28. The molecule has 3 N–H and O–H groups in total. The summed E-state index contributed by atoms with van der Waals surface area (Å²) < 4.78 is 34.0. The molecule has 2 amide bonds. The van der Waals surface area contributed by atoms with Crippen LogP contribution in [0.5, 0.6) is 0 Å². The lowest BCUT2D eigenvalue weighted by Gasteiger charge is -2.12. The summed E-state index contributed by atoms with van der Waals surface area (Å²) in [6.45, 7) is 4.52. The summed E-state index contributed by atoms with van der Waals surface area (Å²) >= 11 is 0. The summed E-state index contributed by atoms with van der Waals surface area (Å²) in [5, 5.41) is 5.38. The van der Waals surface area contributed by atoms with Crippen LogP contribution in [0.2, 0.25) is 0 Å². The number of carbonyl (C=O) groups excluding carboxylic acids is 2. The van der Waals surface area contributed by atoms with Crippen LogP contribution in [0, 0.1) is 0 Å². The summed E-state index contributed by atoms with van der Waals surface area (Å²) in [5.41, 5.74) is 0.308. The number of amides is 2. The van der Waals surface area contributed by atoms with Gasteiger partial charge in [0.2, 0.25) is 11.8 Å². The number of hydrogen-bond acceptors (Lipinski definition) is 4. The largest absolute Gasteiger partial charge is 0.326 e. The van der Waals surface area contributed by atoms with Gasteiger partial charge in [-0.3, -0.25) is 14.1 Å². The first-order valence-corrected chi connectivity index (χ1v) is 22.4. The average molecular weight is 721 g/mol. The zero-order valence-corrected chi connectivity index (χ0v) is 33.2. The quantitative estimate of drug-likeness (QED) is 0.0477. The first-order valence-electron chi connectivity index (χ1n) is 21.0. The SMILES string of the molecule is CCCCCCCCCCCCCCCCCC(=O)Nc1ccc(NC(=O)CCCCCCCCCCCCCCCCC)c(S(=O)(=O)O)c1. The highest BCUT2D eigenvalue weighted by atomic mass is 32.2. The Bertz CT molecular complexity index is 1090. The molecule has 50 heavy (non-hydrogen) atoms. The van der Waals surface area contributed by atoms with Crippen LogP contribution in [-0.2, 0) is 19.7 Å². The molecule has 0 spiro atoms. The Morgan fingerprint density at radius 2 is 0.780 bits per heavy atom.